The van der Waals surface area contributed by atoms with E-state index in [1.807, 2.05) is 6.92 Å². The number of carbonyl (C=O) groups is 1. The van der Waals surface area contributed by atoms with E-state index in [0.717, 1.165) is 0 Å². The van der Waals surface area contributed by atoms with E-state index in [4.69, 9.17) is 9.47 Å². The van der Waals surface area contributed by atoms with Crippen LogP contribution in [0.2, 0.25) is 0 Å². The molecular weight excluding hydrogens is 338 g/mol. The summed E-state index contributed by atoms with van der Waals surface area (Å²) in [5, 5.41) is 14.9. The number of carbonyl (C=O) groups excluding carboxylic acids is 1. The van der Waals surface area contributed by atoms with Crippen molar-refractivity contribution in [3.8, 4) is 11.5 Å². The summed E-state index contributed by atoms with van der Waals surface area (Å²) < 4.78 is 10.2. The molecule has 136 valence electrons. The van der Waals surface area contributed by atoms with Gasteiger partial charge in [-0.05, 0) is 18.6 Å². The number of nitrogens with one attached hydrogen (secondary N) is 1. The number of nitrogens with zero attached hydrogens (tertiary/aromatic N) is 2. The van der Waals surface area contributed by atoms with Gasteiger partial charge < -0.3 is 9.47 Å². The fourth-order valence-electron chi connectivity index (χ4n) is 2.30. The molecule has 2 aromatic rings. The summed E-state index contributed by atoms with van der Waals surface area (Å²) in [4.78, 5) is 22.9. The van der Waals surface area contributed by atoms with E-state index in [-0.39, 0.29) is 5.69 Å². The topological polar surface area (TPSA) is 103 Å². The molecule has 1 amide bonds. The summed E-state index contributed by atoms with van der Waals surface area (Å²) in [5.41, 5.74) is 3.87. The molecule has 0 aliphatic heterocycles. The fraction of sp³-hybridized carbons (Fsp3) is 0.222. The van der Waals surface area contributed by atoms with E-state index >= 15 is 0 Å². The molecule has 8 heteroatoms. The number of hydrogen-bond acceptors (Lipinski definition) is 6. The summed E-state index contributed by atoms with van der Waals surface area (Å²) in [6.07, 6.45) is 1.91. The van der Waals surface area contributed by atoms with Crippen LogP contribution in [0.1, 0.15) is 28.4 Å². The molecule has 2 rings (SSSR count). The molecule has 0 saturated carbocycles. The van der Waals surface area contributed by atoms with Gasteiger partial charge in [0.05, 0.1) is 25.4 Å². The summed E-state index contributed by atoms with van der Waals surface area (Å²) in [5.74, 6) is 0.492. The Balaban J connectivity index is 2.14. The average Bonchev–Trinajstić information content (AvgIpc) is 2.67. The molecule has 0 spiro atoms. The van der Waals surface area contributed by atoms with E-state index in [1.165, 1.54) is 26.5 Å². The lowest BCUT2D eigenvalue weighted by Crippen LogP contribution is -2.17. The van der Waals surface area contributed by atoms with Crippen LogP contribution in [0.25, 0.3) is 0 Å². The highest BCUT2D eigenvalue weighted by molar-refractivity contribution is 5.95. The third-order valence-corrected chi connectivity index (χ3v) is 3.68. The lowest BCUT2D eigenvalue weighted by atomic mass is 10.1. The van der Waals surface area contributed by atoms with Gasteiger partial charge in [0.15, 0.2) is 0 Å². The highest BCUT2D eigenvalue weighted by Gasteiger charge is 2.12. The first-order chi connectivity index (χ1) is 12.5. The summed E-state index contributed by atoms with van der Waals surface area (Å²) in [6, 6.07) is 9.55. The number of aryl methyl sites for hydroxylation is 1. The number of ether oxygens (including phenoxy) is 2. The van der Waals surface area contributed by atoms with Gasteiger partial charge in [-0.3, -0.25) is 14.9 Å². The lowest BCUT2D eigenvalue weighted by molar-refractivity contribution is -0.385. The minimum Gasteiger partial charge on any atom is -0.497 e. The van der Waals surface area contributed by atoms with Crippen molar-refractivity contribution in [2.45, 2.75) is 13.3 Å². The van der Waals surface area contributed by atoms with E-state index < -0.39 is 10.8 Å². The molecule has 1 N–H and O–H groups in total. The van der Waals surface area contributed by atoms with Crippen LogP contribution in [0.15, 0.2) is 41.5 Å². The molecule has 8 nitrogen and oxygen atoms in total. The minimum absolute atomic E-state index is 0.0281. The van der Waals surface area contributed by atoms with E-state index in [9.17, 15) is 14.9 Å². The van der Waals surface area contributed by atoms with Crippen molar-refractivity contribution in [1.29, 1.82) is 0 Å². The van der Waals surface area contributed by atoms with Crippen LogP contribution in [0.4, 0.5) is 5.69 Å². The highest BCUT2D eigenvalue weighted by Crippen LogP contribution is 2.22. The molecule has 0 heterocycles. The number of hydrazone groups is 1. The van der Waals surface area contributed by atoms with Crippen LogP contribution >= 0.6 is 0 Å². The molecule has 0 unspecified atom stereocenters. The monoisotopic (exact) mass is 357 g/mol. The second-order valence-corrected chi connectivity index (χ2v) is 5.30. The Hall–Kier alpha value is -3.42. The van der Waals surface area contributed by atoms with Gasteiger partial charge in [0.25, 0.3) is 11.6 Å². The molecule has 0 saturated heterocycles. The quantitative estimate of drug-likeness (QED) is 0.466. The predicted molar refractivity (Wildman–Crippen MR) is 97.1 cm³/mol. The third kappa shape index (κ3) is 4.56. The number of rotatable bonds is 7. The molecule has 0 aliphatic carbocycles. The van der Waals surface area contributed by atoms with Gasteiger partial charge >= 0.3 is 0 Å². The first-order valence-corrected chi connectivity index (χ1v) is 7.82. The first-order valence-electron chi connectivity index (χ1n) is 7.82. The van der Waals surface area contributed by atoms with Crippen molar-refractivity contribution in [2.24, 2.45) is 5.10 Å². The third-order valence-electron chi connectivity index (χ3n) is 3.68. The zero-order chi connectivity index (χ0) is 19.1. The Bertz CT molecular complexity index is 826. The smallest absolute Gasteiger partial charge is 0.273 e. The highest BCUT2D eigenvalue weighted by atomic mass is 16.6. The Morgan fingerprint density at radius 1 is 1.19 bits per heavy atom. The van der Waals surface area contributed by atoms with Gasteiger partial charge in [-0.25, -0.2) is 5.43 Å². The van der Waals surface area contributed by atoms with Gasteiger partial charge in [0, 0.05) is 28.8 Å². The summed E-state index contributed by atoms with van der Waals surface area (Å²) >= 11 is 0. The second kappa shape index (κ2) is 8.61. The lowest BCUT2D eigenvalue weighted by Gasteiger charge is -2.07. The molecule has 26 heavy (non-hydrogen) atoms. The summed E-state index contributed by atoms with van der Waals surface area (Å²) in [6.45, 7) is 1.85. The molecule has 0 atom stereocenters. The maximum Gasteiger partial charge on any atom is 0.273 e. The van der Waals surface area contributed by atoms with Crippen molar-refractivity contribution in [2.75, 3.05) is 14.2 Å². The molecule has 0 aliphatic rings. The van der Waals surface area contributed by atoms with Gasteiger partial charge in [0.2, 0.25) is 0 Å². The fourth-order valence-corrected chi connectivity index (χ4v) is 2.30. The largest absolute Gasteiger partial charge is 0.497 e. The molecule has 2 aromatic carbocycles. The van der Waals surface area contributed by atoms with Crippen molar-refractivity contribution < 1.29 is 19.2 Å². The van der Waals surface area contributed by atoms with Gasteiger partial charge in [-0.2, -0.15) is 5.10 Å². The molecule has 0 radical (unpaired) electrons. The standard InChI is InChI=1S/C18H19N3O5/c1-4-13-6-5-12(7-17(13)21(23)24)11-19-20-18(22)14-8-15(25-2)10-16(9-14)26-3/h5-11H,4H2,1-3H3,(H,20,22)/b19-11-. The number of benzene rings is 2. The minimum atomic E-state index is -0.460. The SMILES string of the molecule is CCc1ccc(/C=N\NC(=O)c2cc(OC)cc(OC)c2)cc1[N+](=O)[O-]. The van der Waals surface area contributed by atoms with E-state index in [1.54, 1.807) is 30.3 Å². The van der Waals surface area contributed by atoms with Crippen LogP contribution < -0.4 is 14.9 Å². The van der Waals surface area contributed by atoms with Crippen molar-refractivity contribution in [3.63, 3.8) is 0 Å². The van der Waals surface area contributed by atoms with Crippen molar-refractivity contribution in [3.05, 3.63) is 63.2 Å². The number of nitro groups is 1. The Morgan fingerprint density at radius 2 is 1.85 bits per heavy atom. The number of nitro benzene ring substituents is 1. The average molecular weight is 357 g/mol. The number of hydrogen-bond donors (Lipinski definition) is 1. The molecule has 0 aromatic heterocycles. The van der Waals surface area contributed by atoms with Gasteiger partial charge in [0.1, 0.15) is 11.5 Å². The zero-order valence-corrected chi connectivity index (χ0v) is 14.7. The van der Waals surface area contributed by atoms with Crippen LogP contribution in [-0.4, -0.2) is 31.3 Å². The maximum absolute atomic E-state index is 12.2. The van der Waals surface area contributed by atoms with Crippen LogP contribution in [0, 0.1) is 10.1 Å². The molecular formula is C18H19N3O5. The zero-order valence-electron chi connectivity index (χ0n) is 14.7. The Labute approximate surface area is 150 Å². The van der Waals surface area contributed by atoms with Gasteiger partial charge in [-0.15, -0.1) is 0 Å². The van der Waals surface area contributed by atoms with Crippen LogP contribution in [0.5, 0.6) is 11.5 Å². The Kier molecular flexibility index (Phi) is 6.26. The van der Waals surface area contributed by atoms with Crippen molar-refractivity contribution in [1.82, 2.24) is 5.43 Å². The molecule has 0 fully saturated rings. The van der Waals surface area contributed by atoms with Crippen LogP contribution in [-0.2, 0) is 6.42 Å². The van der Waals surface area contributed by atoms with Crippen LogP contribution in [0.3, 0.4) is 0 Å². The van der Waals surface area contributed by atoms with E-state index in [0.29, 0.717) is 34.6 Å². The molecule has 0 bridgehead atoms. The predicted octanol–water partition coefficient (Wildman–Crippen LogP) is 2.94. The first kappa shape index (κ1) is 18.9. The normalized spacial score (nSPS) is 10.6. The number of methoxy groups -OCH3 is 2. The Morgan fingerprint density at radius 3 is 2.38 bits per heavy atom. The van der Waals surface area contributed by atoms with Gasteiger partial charge in [-0.1, -0.05) is 19.1 Å². The number of amides is 1. The summed E-state index contributed by atoms with van der Waals surface area (Å²) in [7, 11) is 2.98. The van der Waals surface area contributed by atoms with E-state index in [2.05, 4.69) is 10.5 Å². The maximum atomic E-state index is 12.2. The second-order valence-electron chi connectivity index (χ2n) is 5.30. The van der Waals surface area contributed by atoms with Crippen molar-refractivity contribution >= 4 is 17.8 Å².